The van der Waals surface area contributed by atoms with E-state index in [4.69, 9.17) is 9.47 Å². The van der Waals surface area contributed by atoms with Crippen LogP contribution in [-0.2, 0) is 4.74 Å². The van der Waals surface area contributed by atoms with Gasteiger partial charge in [-0.05, 0) is 48.8 Å². The molecule has 0 aliphatic carbocycles. The van der Waals surface area contributed by atoms with Crippen molar-refractivity contribution in [3.63, 3.8) is 0 Å². The molecule has 7 heteroatoms. The maximum atomic E-state index is 12.0. The summed E-state index contributed by atoms with van der Waals surface area (Å²) >= 11 is 3.40. The molecule has 2 heterocycles. The van der Waals surface area contributed by atoms with E-state index in [0.717, 1.165) is 23.4 Å². The number of hydrogen-bond donors (Lipinski definition) is 0. The lowest BCUT2D eigenvalue weighted by Gasteiger charge is -2.36. The summed E-state index contributed by atoms with van der Waals surface area (Å²) in [6.07, 6.45) is -0.256. The number of nitrogens with zero attached hydrogens (tertiary/aromatic N) is 3. The Balaban J connectivity index is 1.96. The third kappa shape index (κ3) is 4.25. The number of halogens is 1. The van der Waals surface area contributed by atoms with Gasteiger partial charge in [-0.15, -0.1) is 0 Å². The third-order valence-corrected chi connectivity index (χ3v) is 3.85. The predicted molar refractivity (Wildman–Crippen MR) is 88.5 cm³/mol. The number of aromatic nitrogens is 1. The second-order valence-electron chi connectivity index (χ2n) is 6.11. The number of carbonyl (C=O) groups excluding carboxylic acids is 1. The van der Waals surface area contributed by atoms with E-state index in [0.29, 0.717) is 19.0 Å². The van der Waals surface area contributed by atoms with Crippen LogP contribution in [0, 0.1) is 0 Å². The van der Waals surface area contributed by atoms with Gasteiger partial charge >= 0.3 is 6.09 Å². The standard InChI is InChI=1S/C15H22BrN3O3/c1-15(2,3)22-14(20)19-9-7-18(8-10-19)12-6-5-11(16)13(17-12)21-4/h5-6H,7-10H2,1-4H3. The van der Waals surface area contributed by atoms with Crippen molar-refractivity contribution in [2.45, 2.75) is 26.4 Å². The number of amides is 1. The molecule has 122 valence electrons. The van der Waals surface area contributed by atoms with Gasteiger partial charge in [0.1, 0.15) is 11.4 Å². The first-order valence-electron chi connectivity index (χ1n) is 7.23. The van der Waals surface area contributed by atoms with Gasteiger partial charge in [-0.25, -0.2) is 4.79 Å². The Morgan fingerprint density at radius 2 is 1.86 bits per heavy atom. The number of ether oxygens (including phenoxy) is 2. The number of methoxy groups -OCH3 is 1. The van der Waals surface area contributed by atoms with E-state index in [1.54, 1.807) is 12.0 Å². The van der Waals surface area contributed by atoms with Crippen molar-refractivity contribution in [3.05, 3.63) is 16.6 Å². The third-order valence-electron chi connectivity index (χ3n) is 3.25. The van der Waals surface area contributed by atoms with E-state index in [9.17, 15) is 4.79 Å². The molecule has 22 heavy (non-hydrogen) atoms. The van der Waals surface area contributed by atoms with Gasteiger partial charge in [0.25, 0.3) is 0 Å². The molecule has 0 spiro atoms. The fraction of sp³-hybridized carbons (Fsp3) is 0.600. The molecule has 1 amide bonds. The van der Waals surface area contributed by atoms with Crippen LogP contribution in [0.2, 0.25) is 0 Å². The first-order chi connectivity index (χ1) is 10.3. The smallest absolute Gasteiger partial charge is 0.410 e. The molecule has 0 N–H and O–H groups in total. The number of anilines is 1. The fourth-order valence-corrected chi connectivity index (χ4v) is 2.56. The molecule has 1 aliphatic heterocycles. The largest absolute Gasteiger partial charge is 0.480 e. The van der Waals surface area contributed by atoms with Gasteiger partial charge in [0.05, 0.1) is 11.6 Å². The molecule has 0 atom stereocenters. The van der Waals surface area contributed by atoms with Gasteiger partial charge in [-0.1, -0.05) is 0 Å². The summed E-state index contributed by atoms with van der Waals surface area (Å²) in [4.78, 5) is 20.4. The van der Waals surface area contributed by atoms with Gasteiger partial charge < -0.3 is 19.3 Å². The van der Waals surface area contributed by atoms with Crippen LogP contribution in [0.15, 0.2) is 16.6 Å². The summed E-state index contributed by atoms with van der Waals surface area (Å²) < 4.78 is 11.4. The SMILES string of the molecule is COc1nc(N2CCN(C(=O)OC(C)(C)C)CC2)ccc1Br. The molecule has 0 bridgehead atoms. The molecule has 0 radical (unpaired) electrons. The van der Waals surface area contributed by atoms with Crippen LogP contribution in [0.1, 0.15) is 20.8 Å². The quantitative estimate of drug-likeness (QED) is 0.799. The van der Waals surface area contributed by atoms with Crippen molar-refractivity contribution in [2.24, 2.45) is 0 Å². The van der Waals surface area contributed by atoms with Crippen molar-refractivity contribution in [1.29, 1.82) is 0 Å². The molecule has 6 nitrogen and oxygen atoms in total. The van der Waals surface area contributed by atoms with Crippen molar-refractivity contribution in [3.8, 4) is 5.88 Å². The highest BCUT2D eigenvalue weighted by Gasteiger charge is 2.26. The zero-order valence-electron chi connectivity index (χ0n) is 13.4. The van der Waals surface area contributed by atoms with Crippen LogP contribution in [-0.4, -0.2) is 54.9 Å². The number of hydrogen-bond acceptors (Lipinski definition) is 5. The van der Waals surface area contributed by atoms with Crippen molar-refractivity contribution in [1.82, 2.24) is 9.88 Å². The average Bonchev–Trinajstić information content (AvgIpc) is 2.46. The highest BCUT2D eigenvalue weighted by Crippen LogP contribution is 2.26. The van der Waals surface area contributed by atoms with Gasteiger partial charge in [0.15, 0.2) is 0 Å². The van der Waals surface area contributed by atoms with Crippen LogP contribution in [0.25, 0.3) is 0 Å². The minimum Gasteiger partial charge on any atom is -0.480 e. The Labute approximate surface area is 139 Å². The molecule has 2 rings (SSSR count). The van der Waals surface area contributed by atoms with E-state index in [1.165, 1.54) is 0 Å². The second-order valence-corrected chi connectivity index (χ2v) is 6.97. The average molecular weight is 372 g/mol. The zero-order valence-corrected chi connectivity index (χ0v) is 15.0. The number of piperazine rings is 1. The van der Waals surface area contributed by atoms with Crippen molar-refractivity contribution >= 4 is 27.8 Å². The summed E-state index contributed by atoms with van der Waals surface area (Å²) in [5, 5.41) is 0. The van der Waals surface area contributed by atoms with Crippen LogP contribution in [0.4, 0.5) is 10.6 Å². The van der Waals surface area contributed by atoms with E-state index in [1.807, 2.05) is 32.9 Å². The summed E-state index contributed by atoms with van der Waals surface area (Å²) in [6.45, 7) is 8.30. The number of rotatable bonds is 2. The highest BCUT2D eigenvalue weighted by molar-refractivity contribution is 9.10. The van der Waals surface area contributed by atoms with Crippen LogP contribution >= 0.6 is 15.9 Å². The normalized spacial score (nSPS) is 15.7. The Hall–Kier alpha value is -1.50. The van der Waals surface area contributed by atoms with E-state index >= 15 is 0 Å². The molecule has 0 aromatic carbocycles. The molecule has 1 aromatic rings. The van der Waals surface area contributed by atoms with E-state index in [-0.39, 0.29) is 6.09 Å². The van der Waals surface area contributed by atoms with Crippen molar-refractivity contribution in [2.75, 3.05) is 38.2 Å². The Kier molecular flexibility index (Phi) is 5.16. The summed E-state index contributed by atoms with van der Waals surface area (Å²) in [6, 6.07) is 3.86. The van der Waals surface area contributed by atoms with Gasteiger partial charge in [0, 0.05) is 26.2 Å². The zero-order chi connectivity index (χ0) is 16.3. The van der Waals surface area contributed by atoms with Gasteiger partial charge in [0.2, 0.25) is 5.88 Å². The van der Waals surface area contributed by atoms with E-state index in [2.05, 4.69) is 25.8 Å². The lowest BCUT2D eigenvalue weighted by atomic mass is 10.2. The summed E-state index contributed by atoms with van der Waals surface area (Å²) in [7, 11) is 1.59. The Morgan fingerprint density at radius 1 is 1.23 bits per heavy atom. The monoisotopic (exact) mass is 371 g/mol. The minimum absolute atomic E-state index is 0.256. The maximum absolute atomic E-state index is 12.0. The van der Waals surface area contributed by atoms with Crippen molar-refractivity contribution < 1.29 is 14.3 Å². The summed E-state index contributed by atoms with van der Waals surface area (Å²) in [5.74, 6) is 1.41. The van der Waals surface area contributed by atoms with Crippen LogP contribution in [0.3, 0.4) is 0 Å². The molecule has 1 aliphatic rings. The lowest BCUT2D eigenvalue weighted by Crippen LogP contribution is -2.50. The van der Waals surface area contributed by atoms with Crippen LogP contribution < -0.4 is 9.64 Å². The molecule has 1 saturated heterocycles. The van der Waals surface area contributed by atoms with Crippen LogP contribution in [0.5, 0.6) is 5.88 Å². The first-order valence-corrected chi connectivity index (χ1v) is 8.03. The molecule has 1 aromatic heterocycles. The lowest BCUT2D eigenvalue weighted by molar-refractivity contribution is 0.0240. The molecule has 0 saturated carbocycles. The Morgan fingerprint density at radius 3 is 2.41 bits per heavy atom. The fourth-order valence-electron chi connectivity index (χ4n) is 2.18. The molecule has 1 fully saturated rings. The highest BCUT2D eigenvalue weighted by atomic mass is 79.9. The topological polar surface area (TPSA) is 54.9 Å². The minimum atomic E-state index is -0.463. The Bertz CT molecular complexity index is 537. The summed E-state index contributed by atoms with van der Waals surface area (Å²) in [5.41, 5.74) is -0.463. The predicted octanol–water partition coefficient (Wildman–Crippen LogP) is 2.91. The second kappa shape index (κ2) is 6.73. The molecule has 0 unspecified atom stereocenters. The van der Waals surface area contributed by atoms with Gasteiger partial charge in [-0.3, -0.25) is 0 Å². The molecular formula is C15H22BrN3O3. The maximum Gasteiger partial charge on any atom is 0.410 e. The van der Waals surface area contributed by atoms with Gasteiger partial charge in [-0.2, -0.15) is 4.98 Å². The molecular weight excluding hydrogens is 350 g/mol. The number of pyridine rings is 1. The van der Waals surface area contributed by atoms with E-state index < -0.39 is 5.60 Å². The first kappa shape index (κ1) is 16.9. The number of carbonyl (C=O) groups is 1.